The van der Waals surface area contributed by atoms with Gasteiger partial charge in [0.15, 0.2) is 5.96 Å². The SMILES string of the molecule is CCOCCOCc1cccc(CNC(=NC)N2CC3CCCCC3C2)c1. The van der Waals surface area contributed by atoms with Gasteiger partial charge in [-0.3, -0.25) is 4.99 Å². The van der Waals surface area contributed by atoms with E-state index in [-0.39, 0.29) is 0 Å². The number of guanidine groups is 1. The minimum atomic E-state index is 0.630. The van der Waals surface area contributed by atoms with Crippen LogP contribution in [-0.4, -0.2) is 50.8 Å². The van der Waals surface area contributed by atoms with Crippen LogP contribution in [0, 0.1) is 11.8 Å². The lowest BCUT2D eigenvalue weighted by Gasteiger charge is -2.22. The van der Waals surface area contributed by atoms with E-state index in [4.69, 9.17) is 9.47 Å². The summed E-state index contributed by atoms with van der Waals surface area (Å²) >= 11 is 0. The van der Waals surface area contributed by atoms with Crippen LogP contribution >= 0.6 is 0 Å². The molecule has 5 nitrogen and oxygen atoms in total. The van der Waals surface area contributed by atoms with Crippen LogP contribution in [0.15, 0.2) is 29.3 Å². The van der Waals surface area contributed by atoms with Crippen molar-refractivity contribution < 1.29 is 9.47 Å². The van der Waals surface area contributed by atoms with Gasteiger partial charge in [0.1, 0.15) is 0 Å². The van der Waals surface area contributed by atoms with Crippen molar-refractivity contribution in [2.75, 3.05) is 40.0 Å². The number of fused-ring (bicyclic) bond motifs is 1. The topological polar surface area (TPSA) is 46.1 Å². The van der Waals surface area contributed by atoms with Crippen molar-refractivity contribution in [3.05, 3.63) is 35.4 Å². The Labute approximate surface area is 164 Å². The largest absolute Gasteiger partial charge is 0.379 e. The average Bonchev–Trinajstić information content (AvgIpc) is 3.12. The van der Waals surface area contributed by atoms with Crippen LogP contribution in [0.2, 0.25) is 0 Å². The number of ether oxygens (including phenoxy) is 2. The van der Waals surface area contributed by atoms with Crippen molar-refractivity contribution in [2.45, 2.75) is 45.8 Å². The Hall–Kier alpha value is -1.59. The van der Waals surface area contributed by atoms with E-state index in [1.807, 2.05) is 14.0 Å². The molecule has 1 aliphatic heterocycles. The van der Waals surface area contributed by atoms with Gasteiger partial charge < -0.3 is 19.7 Å². The number of rotatable bonds is 8. The Morgan fingerprint density at radius 3 is 2.52 bits per heavy atom. The third-order valence-electron chi connectivity index (χ3n) is 5.77. The van der Waals surface area contributed by atoms with Crippen molar-refractivity contribution in [3.63, 3.8) is 0 Å². The zero-order chi connectivity index (χ0) is 18.9. The van der Waals surface area contributed by atoms with Gasteiger partial charge in [0.2, 0.25) is 0 Å². The lowest BCUT2D eigenvalue weighted by molar-refractivity contribution is 0.0453. The fourth-order valence-electron chi connectivity index (χ4n) is 4.37. The molecule has 1 aromatic carbocycles. The molecule has 1 aliphatic carbocycles. The van der Waals surface area contributed by atoms with Gasteiger partial charge in [0, 0.05) is 33.3 Å². The standard InChI is InChI=1S/C22H35N3O2/c1-3-26-11-12-27-17-19-8-6-7-18(13-19)14-24-22(23-2)25-15-20-9-4-5-10-21(20)16-25/h6-8,13,20-21H,3-5,9-12,14-17H2,1-2H3,(H,23,24). The molecule has 0 amide bonds. The van der Waals surface area contributed by atoms with E-state index in [2.05, 4.69) is 39.5 Å². The second kappa shape index (κ2) is 10.7. The van der Waals surface area contributed by atoms with Gasteiger partial charge in [-0.2, -0.15) is 0 Å². The van der Waals surface area contributed by atoms with Crippen molar-refractivity contribution in [1.82, 2.24) is 10.2 Å². The minimum absolute atomic E-state index is 0.630. The molecule has 2 unspecified atom stereocenters. The van der Waals surface area contributed by atoms with Gasteiger partial charge in [0.25, 0.3) is 0 Å². The number of nitrogens with one attached hydrogen (secondary N) is 1. The third-order valence-corrected chi connectivity index (χ3v) is 5.77. The van der Waals surface area contributed by atoms with Crippen LogP contribution in [0.1, 0.15) is 43.7 Å². The van der Waals surface area contributed by atoms with E-state index >= 15 is 0 Å². The first kappa shape index (κ1) is 20.2. The van der Waals surface area contributed by atoms with E-state index in [9.17, 15) is 0 Å². The van der Waals surface area contributed by atoms with Crippen LogP contribution < -0.4 is 5.32 Å². The monoisotopic (exact) mass is 373 g/mol. The summed E-state index contributed by atoms with van der Waals surface area (Å²) in [6, 6.07) is 8.59. The van der Waals surface area contributed by atoms with Crippen LogP contribution in [-0.2, 0) is 22.6 Å². The van der Waals surface area contributed by atoms with Gasteiger partial charge in [-0.1, -0.05) is 37.1 Å². The number of hydrogen-bond acceptors (Lipinski definition) is 3. The Morgan fingerprint density at radius 2 is 1.81 bits per heavy atom. The first-order chi connectivity index (χ1) is 13.3. The fourth-order valence-corrected chi connectivity index (χ4v) is 4.37. The third kappa shape index (κ3) is 5.94. The number of benzene rings is 1. The van der Waals surface area contributed by atoms with Crippen LogP contribution in [0.25, 0.3) is 0 Å². The highest BCUT2D eigenvalue weighted by atomic mass is 16.5. The van der Waals surface area contributed by atoms with Crippen LogP contribution in [0.5, 0.6) is 0 Å². The highest BCUT2D eigenvalue weighted by Crippen LogP contribution is 2.35. The summed E-state index contributed by atoms with van der Waals surface area (Å²) in [6.45, 7) is 7.80. The van der Waals surface area contributed by atoms with Gasteiger partial charge in [-0.05, 0) is 42.7 Å². The van der Waals surface area contributed by atoms with E-state index in [1.54, 1.807) is 0 Å². The molecule has 0 radical (unpaired) electrons. The molecule has 150 valence electrons. The molecule has 1 heterocycles. The summed E-state index contributed by atoms with van der Waals surface area (Å²) < 4.78 is 11.0. The maximum absolute atomic E-state index is 5.68. The predicted molar refractivity (Wildman–Crippen MR) is 110 cm³/mol. The first-order valence-electron chi connectivity index (χ1n) is 10.5. The smallest absolute Gasteiger partial charge is 0.193 e. The zero-order valence-electron chi connectivity index (χ0n) is 17.0. The molecular weight excluding hydrogens is 338 g/mol. The lowest BCUT2D eigenvalue weighted by atomic mass is 9.82. The molecule has 0 spiro atoms. The van der Waals surface area contributed by atoms with Crippen molar-refractivity contribution in [3.8, 4) is 0 Å². The summed E-state index contributed by atoms with van der Waals surface area (Å²) in [7, 11) is 1.90. The maximum Gasteiger partial charge on any atom is 0.193 e. The number of nitrogens with zero attached hydrogens (tertiary/aromatic N) is 2. The molecule has 27 heavy (non-hydrogen) atoms. The fraction of sp³-hybridized carbons (Fsp3) is 0.682. The summed E-state index contributed by atoms with van der Waals surface area (Å²) in [5.74, 6) is 2.78. The molecule has 1 saturated carbocycles. The number of hydrogen-bond donors (Lipinski definition) is 1. The van der Waals surface area contributed by atoms with E-state index < -0.39 is 0 Å². The van der Waals surface area contributed by atoms with Crippen LogP contribution in [0.4, 0.5) is 0 Å². The first-order valence-corrected chi connectivity index (χ1v) is 10.5. The molecule has 1 saturated heterocycles. The van der Waals surface area contributed by atoms with Crippen molar-refractivity contribution in [2.24, 2.45) is 16.8 Å². The van der Waals surface area contributed by atoms with E-state index in [1.165, 1.54) is 36.8 Å². The molecule has 1 N–H and O–H groups in total. The van der Waals surface area contributed by atoms with E-state index in [0.29, 0.717) is 19.8 Å². The molecule has 2 fully saturated rings. The highest BCUT2D eigenvalue weighted by molar-refractivity contribution is 5.80. The predicted octanol–water partition coefficient (Wildman–Crippen LogP) is 3.44. The Balaban J connectivity index is 1.46. The molecule has 0 aromatic heterocycles. The normalized spacial score (nSPS) is 22.7. The van der Waals surface area contributed by atoms with Gasteiger partial charge in [-0.25, -0.2) is 0 Å². The summed E-state index contributed by atoms with van der Waals surface area (Å²) in [6.07, 6.45) is 5.59. The second-order valence-electron chi connectivity index (χ2n) is 7.68. The minimum Gasteiger partial charge on any atom is -0.379 e. The molecule has 5 heteroatoms. The Morgan fingerprint density at radius 1 is 1.11 bits per heavy atom. The number of aliphatic imine (C=N–C) groups is 1. The zero-order valence-corrected chi connectivity index (χ0v) is 17.0. The molecule has 2 atom stereocenters. The molecule has 2 aliphatic rings. The second-order valence-corrected chi connectivity index (χ2v) is 7.68. The summed E-state index contributed by atoms with van der Waals surface area (Å²) in [5, 5.41) is 3.56. The van der Waals surface area contributed by atoms with Gasteiger partial charge in [0.05, 0.1) is 19.8 Å². The lowest BCUT2D eigenvalue weighted by Crippen LogP contribution is -2.39. The summed E-state index contributed by atoms with van der Waals surface area (Å²) in [5.41, 5.74) is 2.46. The molecule has 0 bridgehead atoms. The maximum atomic E-state index is 5.68. The van der Waals surface area contributed by atoms with E-state index in [0.717, 1.165) is 44.0 Å². The Kier molecular flexibility index (Phi) is 7.96. The Bertz CT molecular complexity index is 591. The van der Waals surface area contributed by atoms with Gasteiger partial charge >= 0.3 is 0 Å². The van der Waals surface area contributed by atoms with Crippen LogP contribution in [0.3, 0.4) is 0 Å². The average molecular weight is 374 g/mol. The van der Waals surface area contributed by atoms with Crippen molar-refractivity contribution in [1.29, 1.82) is 0 Å². The molecule has 1 aromatic rings. The van der Waals surface area contributed by atoms with Gasteiger partial charge in [-0.15, -0.1) is 0 Å². The quantitative estimate of drug-likeness (QED) is 0.431. The highest BCUT2D eigenvalue weighted by Gasteiger charge is 2.35. The summed E-state index contributed by atoms with van der Waals surface area (Å²) in [4.78, 5) is 7.00. The number of likely N-dealkylation sites (tertiary alicyclic amines) is 1. The van der Waals surface area contributed by atoms with Crippen molar-refractivity contribution >= 4 is 5.96 Å². The molecule has 3 rings (SSSR count). The molecular formula is C22H35N3O2.